The van der Waals surface area contributed by atoms with Crippen LogP contribution in [0.5, 0.6) is 0 Å². The minimum absolute atomic E-state index is 0.00952. The summed E-state index contributed by atoms with van der Waals surface area (Å²) in [4.78, 5) is 14.2. The van der Waals surface area contributed by atoms with Crippen LogP contribution in [0.3, 0.4) is 0 Å². The van der Waals surface area contributed by atoms with Crippen molar-refractivity contribution in [2.45, 2.75) is 65.2 Å². The summed E-state index contributed by atoms with van der Waals surface area (Å²) < 4.78 is 0. The summed E-state index contributed by atoms with van der Waals surface area (Å²) in [7, 11) is 0. The van der Waals surface area contributed by atoms with Crippen molar-refractivity contribution in [3.8, 4) is 0 Å². The van der Waals surface area contributed by atoms with E-state index in [1.807, 2.05) is 6.92 Å². The third-order valence-electron chi connectivity index (χ3n) is 3.88. The third-order valence-corrected chi connectivity index (χ3v) is 3.88. The summed E-state index contributed by atoms with van der Waals surface area (Å²) in [6.07, 6.45) is 3.98. The second kappa shape index (κ2) is 4.36. The predicted molar refractivity (Wildman–Crippen MR) is 64.9 cm³/mol. The van der Waals surface area contributed by atoms with Crippen molar-refractivity contribution in [3.63, 3.8) is 0 Å². The first kappa shape index (κ1) is 11.9. The molecule has 0 bridgehead atoms. The van der Waals surface area contributed by atoms with Crippen LogP contribution >= 0.6 is 0 Å². The first-order chi connectivity index (χ1) is 7.56. The summed E-state index contributed by atoms with van der Waals surface area (Å²) in [6.45, 7) is 8.58. The van der Waals surface area contributed by atoms with E-state index < -0.39 is 0 Å². The summed E-state index contributed by atoms with van der Waals surface area (Å²) in [5.41, 5.74) is 0. The first-order valence-electron chi connectivity index (χ1n) is 6.64. The number of carbonyl (C=O) groups is 1. The Balaban J connectivity index is 2.03. The molecule has 2 aliphatic rings. The molecule has 1 aliphatic carbocycles. The van der Waals surface area contributed by atoms with Crippen molar-refractivity contribution >= 4 is 5.91 Å². The Morgan fingerprint density at radius 2 is 2.19 bits per heavy atom. The molecule has 0 radical (unpaired) electrons. The van der Waals surface area contributed by atoms with Crippen LogP contribution in [0.2, 0.25) is 0 Å². The maximum absolute atomic E-state index is 12.1. The minimum atomic E-state index is 0.00952. The topological polar surface area (TPSA) is 32.3 Å². The number of hydrogen-bond donors (Lipinski definition) is 1. The molecule has 0 aromatic heterocycles. The SMILES string of the molecule is CCCC1CC1N1C(=O)C(C)NC1C(C)C. The maximum Gasteiger partial charge on any atom is 0.240 e. The fourth-order valence-electron chi connectivity index (χ4n) is 2.91. The van der Waals surface area contributed by atoms with E-state index in [2.05, 4.69) is 31.0 Å². The highest BCUT2D eigenvalue weighted by Crippen LogP contribution is 2.42. The quantitative estimate of drug-likeness (QED) is 0.792. The lowest BCUT2D eigenvalue weighted by molar-refractivity contribution is -0.131. The van der Waals surface area contributed by atoms with Gasteiger partial charge in [0.25, 0.3) is 0 Å². The molecule has 4 atom stereocenters. The maximum atomic E-state index is 12.1. The van der Waals surface area contributed by atoms with Gasteiger partial charge >= 0.3 is 0 Å². The Labute approximate surface area is 98.6 Å². The minimum Gasteiger partial charge on any atom is -0.322 e. The lowest BCUT2D eigenvalue weighted by Gasteiger charge is -2.27. The summed E-state index contributed by atoms with van der Waals surface area (Å²) in [5.74, 6) is 1.57. The van der Waals surface area contributed by atoms with Gasteiger partial charge in [-0.1, -0.05) is 27.2 Å². The molecule has 1 amide bonds. The Morgan fingerprint density at radius 1 is 1.50 bits per heavy atom. The summed E-state index contributed by atoms with van der Waals surface area (Å²) >= 11 is 0. The zero-order valence-electron chi connectivity index (χ0n) is 10.9. The van der Waals surface area contributed by atoms with Gasteiger partial charge in [-0.3, -0.25) is 10.1 Å². The molecule has 0 aromatic carbocycles. The highest BCUT2D eigenvalue weighted by Gasteiger charge is 2.50. The molecule has 1 saturated carbocycles. The van der Waals surface area contributed by atoms with Gasteiger partial charge in [-0.15, -0.1) is 0 Å². The van der Waals surface area contributed by atoms with Crippen LogP contribution in [0.25, 0.3) is 0 Å². The first-order valence-corrected chi connectivity index (χ1v) is 6.64. The molecule has 92 valence electrons. The smallest absolute Gasteiger partial charge is 0.240 e. The second-order valence-corrected chi connectivity index (χ2v) is 5.67. The van der Waals surface area contributed by atoms with Crippen molar-refractivity contribution in [2.24, 2.45) is 11.8 Å². The number of hydrogen-bond acceptors (Lipinski definition) is 2. The molecule has 1 heterocycles. The van der Waals surface area contributed by atoms with E-state index >= 15 is 0 Å². The molecule has 3 heteroatoms. The molecule has 1 aliphatic heterocycles. The average Bonchev–Trinajstić information content (AvgIpc) is 2.89. The van der Waals surface area contributed by atoms with Gasteiger partial charge < -0.3 is 4.90 Å². The zero-order chi connectivity index (χ0) is 11.9. The van der Waals surface area contributed by atoms with Crippen LogP contribution in [0.1, 0.15) is 47.0 Å². The van der Waals surface area contributed by atoms with E-state index in [9.17, 15) is 4.79 Å². The fourth-order valence-corrected chi connectivity index (χ4v) is 2.91. The molecule has 2 fully saturated rings. The fraction of sp³-hybridized carbons (Fsp3) is 0.923. The van der Waals surface area contributed by atoms with Gasteiger partial charge in [-0.05, 0) is 31.6 Å². The normalized spacial score (nSPS) is 38.6. The van der Waals surface area contributed by atoms with E-state index in [4.69, 9.17) is 0 Å². The van der Waals surface area contributed by atoms with Crippen molar-refractivity contribution in [2.75, 3.05) is 0 Å². The largest absolute Gasteiger partial charge is 0.322 e. The standard InChI is InChI=1S/C13H24N2O/c1-5-6-10-7-11(10)15-12(8(2)3)14-9(4)13(15)16/h8-12,14H,5-7H2,1-4H3. The van der Waals surface area contributed by atoms with Gasteiger partial charge in [0.15, 0.2) is 0 Å². The van der Waals surface area contributed by atoms with Crippen molar-refractivity contribution in [1.29, 1.82) is 0 Å². The monoisotopic (exact) mass is 224 g/mol. The van der Waals surface area contributed by atoms with Crippen LogP contribution in [0, 0.1) is 11.8 Å². The lowest BCUT2D eigenvalue weighted by atomic mass is 10.1. The number of carbonyl (C=O) groups excluding carboxylic acids is 1. The van der Waals surface area contributed by atoms with E-state index in [1.54, 1.807) is 0 Å². The third kappa shape index (κ3) is 1.97. The van der Waals surface area contributed by atoms with E-state index in [0.717, 1.165) is 5.92 Å². The highest BCUT2D eigenvalue weighted by molar-refractivity contribution is 5.84. The summed E-state index contributed by atoms with van der Waals surface area (Å²) in [5, 5.41) is 3.41. The molecule has 1 saturated heterocycles. The second-order valence-electron chi connectivity index (χ2n) is 5.67. The van der Waals surface area contributed by atoms with Gasteiger partial charge in [0.1, 0.15) is 0 Å². The van der Waals surface area contributed by atoms with Gasteiger partial charge in [0.05, 0.1) is 12.2 Å². The number of nitrogens with zero attached hydrogens (tertiary/aromatic N) is 1. The Hall–Kier alpha value is -0.570. The van der Waals surface area contributed by atoms with Crippen LogP contribution in [-0.2, 0) is 4.79 Å². The van der Waals surface area contributed by atoms with Crippen molar-refractivity contribution in [1.82, 2.24) is 10.2 Å². The van der Waals surface area contributed by atoms with Crippen LogP contribution < -0.4 is 5.32 Å². The molecule has 3 nitrogen and oxygen atoms in total. The highest BCUT2D eigenvalue weighted by atomic mass is 16.2. The van der Waals surface area contributed by atoms with E-state index in [1.165, 1.54) is 19.3 Å². The number of amides is 1. The molecular weight excluding hydrogens is 200 g/mol. The van der Waals surface area contributed by atoms with Gasteiger partial charge in [-0.2, -0.15) is 0 Å². The van der Waals surface area contributed by atoms with E-state index in [0.29, 0.717) is 17.9 Å². The molecule has 16 heavy (non-hydrogen) atoms. The zero-order valence-corrected chi connectivity index (χ0v) is 10.9. The van der Waals surface area contributed by atoms with Gasteiger partial charge in [0, 0.05) is 6.04 Å². The molecule has 2 rings (SSSR count). The Morgan fingerprint density at radius 3 is 2.75 bits per heavy atom. The molecular formula is C13H24N2O. The Kier molecular flexibility index (Phi) is 3.24. The average molecular weight is 224 g/mol. The molecule has 0 spiro atoms. The summed E-state index contributed by atoms with van der Waals surface area (Å²) in [6, 6.07) is 0.535. The van der Waals surface area contributed by atoms with Gasteiger partial charge in [0.2, 0.25) is 5.91 Å². The van der Waals surface area contributed by atoms with Crippen LogP contribution in [0.15, 0.2) is 0 Å². The van der Waals surface area contributed by atoms with Crippen LogP contribution in [-0.4, -0.2) is 29.1 Å². The Bertz CT molecular complexity index is 277. The lowest BCUT2D eigenvalue weighted by Crippen LogP contribution is -2.43. The van der Waals surface area contributed by atoms with E-state index in [-0.39, 0.29) is 12.2 Å². The van der Waals surface area contributed by atoms with Crippen LogP contribution in [0.4, 0.5) is 0 Å². The molecule has 4 unspecified atom stereocenters. The predicted octanol–water partition coefficient (Wildman–Crippen LogP) is 1.98. The van der Waals surface area contributed by atoms with Crippen molar-refractivity contribution in [3.05, 3.63) is 0 Å². The van der Waals surface area contributed by atoms with Crippen molar-refractivity contribution < 1.29 is 4.79 Å². The molecule has 0 aromatic rings. The number of nitrogens with one attached hydrogen (secondary N) is 1. The van der Waals surface area contributed by atoms with Gasteiger partial charge in [-0.25, -0.2) is 0 Å². The number of rotatable bonds is 4. The molecule has 1 N–H and O–H groups in total.